The SMILES string of the molecule is CC(=O)NCCNC(=O)c1ccc2nc(C)c(C)nc2c1. The van der Waals surface area contributed by atoms with Crippen molar-refractivity contribution in [3.8, 4) is 0 Å². The van der Waals surface area contributed by atoms with Crippen molar-refractivity contribution >= 4 is 22.8 Å². The molecule has 0 aliphatic rings. The molecule has 6 nitrogen and oxygen atoms in total. The van der Waals surface area contributed by atoms with Gasteiger partial charge in [0, 0.05) is 25.6 Å². The molecule has 0 saturated heterocycles. The smallest absolute Gasteiger partial charge is 0.251 e. The molecule has 2 rings (SSSR count). The summed E-state index contributed by atoms with van der Waals surface area (Å²) < 4.78 is 0. The number of carbonyl (C=O) groups is 2. The number of rotatable bonds is 4. The lowest BCUT2D eigenvalue weighted by atomic mass is 10.1. The van der Waals surface area contributed by atoms with Crippen molar-refractivity contribution in [2.75, 3.05) is 13.1 Å². The molecule has 0 fully saturated rings. The van der Waals surface area contributed by atoms with Crippen LogP contribution in [0, 0.1) is 13.8 Å². The summed E-state index contributed by atoms with van der Waals surface area (Å²) in [7, 11) is 0. The van der Waals surface area contributed by atoms with Gasteiger partial charge in [0.1, 0.15) is 0 Å². The van der Waals surface area contributed by atoms with Crippen LogP contribution in [0.2, 0.25) is 0 Å². The Morgan fingerprint density at radius 2 is 1.62 bits per heavy atom. The van der Waals surface area contributed by atoms with Crippen molar-refractivity contribution in [3.63, 3.8) is 0 Å². The van der Waals surface area contributed by atoms with Crippen LogP contribution in [0.25, 0.3) is 11.0 Å². The monoisotopic (exact) mass is 286 g/mol. The molecule has 1 aromatic carbocycles. The molecule has 1 aromatic heterocycles. The Morgan fingerprint density at radius 1 is 1.00 bits per heavy atom. The van der Waals surface area contributed by atoms with Crippen LogP contribution in [0.1, 0.15) is 28.7 Å². The zero-order valence-electron chi connectivity index (χ0n) is 12.4. The largest absolute Gasteiger partial charge is 0.355 e. The van der Waals surface area contributed by atoms with Gasteiger partial charge < -0.3 is 10.6 Å². The normalized spacial score (nSPS) is 10.4. The van der Waals surface area contributed by atoms with Crippen LogP contribution in [0.5, 0.6) is 0 Å². The molecule has 2 aromatic rings. The van der Waals surface area contributed by atoms with Gasteiger partial charge in [-0.2, -0.15) is 0 Å². The predicted molar refractivity (Wildman–Crippen MR) is 80.0 cm³/mol. The van der Waals surface area contributed by atoms with Crippen molar-refractivity contribution in [1.29, 1.82) is 0 Å². The van der Waals surface area contributed by atoms with Crippen LogP contribution in [0.3, 0.4) is 0 Å². The number of nitrogens with one attached hydrogen (secondary N) is 2. The first-order valence-electron chi connectivity index (χ1n) is 6.75. The van der Waals surface area contributed by atoms with Gasteiger partial charge in [0.25, 0.3) is 5.91 Å². The fraction of sp³-hybridized carbons (Fsp3) is 0.333. The molecule has 21 heavy (non-hydrogen) atoms. The van der Waals surface area contributed by atoms with Crippen LogP contribution in [-0.4, -0.2) is 34.9 Å². The molecule has 6 heteroatoms. The minimum absolute atomic E-state index is 0.115. The van der Waals surface area contributed by atoms with Crippen molar-refractivity contribution in [2.45, 2.75) is 20.8 Å². The third kappa shape index (κ3) is 3.75. The van der Waals surface area contributed by atoms with Gasteiger partial charge in [0.15, 0.2) is 0 Å². The third-order valence-electron chi connectivity index (χ3n) is 3.12. The van der Waals surface area contributed by atoms with E-state index in [0.717, 1.165) is 16.9 Å². The van der Waals surface area contributed by atoms with E-state index in [1.165, 1.54) is 6.92 Å². The van der Waals surface area contributed by atoms with Gasteiger partial charge in [-0.25, -0.2) is 9.97 Å². The van der Waals surface area contributed by atoms with E-state index in [0.29, 0.717) is 24.2 Å². The summed E-state index contributed by atoms with van der Waals surface area (Å²) in [6.07, 6.45) is 0. The second-order valence-electron chi connectivity index (χ2n) is 4.84. The van der Waals surface area contributed by atoms with Gasteiger partial charge >= 0.3 is 0 Å². The Morgan fingerprint density at radius 3 is 2.29 bits per heavy atom. The first-order valence-corrected chi connectivity index (χ1v) is 6.75. The number of hydrogen-bond acceptors (Lipinski definition) is 4. The fourth-order valence-electron chi connectivity index (χ4n) is 1.89. The number of carbonyl (C=O) groups excluding carboxylic acids is 2. The van der Waals surface area contributed by atoms with Crippen LogP contribution < -0.4 is 10.6 Å². The summed E-state index contributed by atoms with van der Waals surface area (Å²) in [5.74, 6) is -0.307. The Hall–Kier alpha value is -2.50. The second-order valence-corrected chi connectivity index (χ2v) is 4.84. The lowest BCUT2D eigenvalue weighted by molar-refractivity contribution is -0.118. The van der Waals surface area contributed by atoms with E-state index in [2.05, 4.69) is 20.6 Å². The maximum absolute atomic E-state index is 12.0. The van der Waals surface area contributed by atoms with E-state index in [9.17, 15) is 9.59 Å². The molecule has 2 amide bonds. The van der Waals surface area contributed by atoms with Gasteiger partial charge in [0.2, 0.25) is 5.91 Å². The standard InChI is InChI=1S/C15H18N4O2/c1-9-10(2)19-14-8-12(4-5-13(14)18-9)15(21)17-7-6-16-11(3)20/h4-5,8H,6-7H2,1-3H3,(H,16,20)(H,17,21). The number of hydrogen-bond donors (Lipinski definition) is 2. The van der Waals surface area contributed by atoms with Gasteiger partial charge in [-0.3, -0.25) is 9.59 Å². The van der Waals surface area contributed by atoms with E-state index in [4.69, 9.17) is 0 Å². The lowest BCUT2D eigenvalue weighted by Gasteiger charge is -2.07. The van der Waals surface area contributed by atoms with Gasteiger partial charge in [-0.05, 0) is 32.0 Å². The quantitative estimate of drug-likeness (QED) is 0.825. The highest BCUT2D eigenvalue weighted by atomic mass is 16.2. The maximum atomic E-state index is 12.0. The van der Waals surface area contributed by atoms with Gasteiger partial charge in [-0.15, -0.1) is 0 Å². The highest BCUT2D eigenvalue weighted by molar-refractivity contribution is 5.97. The van der Waals surface area contributed by atoms with Gasteiger partial charge in [-0.1, -0.05) is 0 Å². The fourth-order valence-corrected chi connectivity index (χ4v) is 1.89. The molecular weight excluding hydrogens is 268 g/mol. The van der Waals surface area contributed by atoms with Crippen molar-refractivity contribution in [3.05, 3.63) is 35.2 Å². The van der Waals surface area contributed by atoms with E-state index < -0.39 is 0 Å². The molecule has 110 valence electrons. The van der Waals surface area contributed by atoms with Crippen LogP contribution in [-0.2, 0) is 4.79 Å². The molecule has 0 aliphatic heterocycles. The molecule has 0 spiro atoms. The van der Waals surface area contributed by atoms with Crippen molar-refractivity contribution < 1.29 is 9.59 Å². The topological polar surface area (TPSA) is 84.0 Å². The second kappa shape index (κ2) is 6.30. The molecule has 0 radical (unpaired) electrons. The summed E-state index contributed by atoms with van der Waals surface area (Å²) in [6.45, 7) is 6.03. The van der Waals surface area contributed by atoms with Crippen LogP contribution >= 0.6 is 0 Å². The maximum Gasteiger partial charge on any atom is 0.251 e. The Labute approximate surface area is 123 Å². The van der Waals surface area contributed by atoms with Crippen molar-refractivity contribution in [2.24, 2.45) is 0 Å². The van der Waals surface area contributed by atoms with E-state index >= 15 is 0 Å². The summed E-state index contributed by atoms with van der Waals surface area (Å²) in [5, 5.41) is 5.36. The molecular formula is C15H18N4O2. The molecule has 1 heterocycles. The summed E-state index contributed by atoms with van der Waals surface area (Å²) >= 11 is 0. The van der Waals surface area contributed by atoms with Crippen molar-refractivity contribution in [1.82, 2.24) is 20.6 Å². The molecule has 0 aliphatic carbocycles. The highest BCUT2D eigenvalue weighted by Crippen LogP contribution is 2.14. The zero-order valence-corrected chi connectivity index (χ0v) is 12.4. The third-order valence-corrected chi connectivity index (χ3v) is 3.12. The predicted octanol–water partition coefficient (Wildman–Crippen LogP) is 1.11. The average Bonchev–Trinajstić information content (AvgIpc) is 2.44. The van der Waals surface area contributed by atoms with Crippen LogP contribution in [0.15, 0.2) is 18.2 Å². The van der Waals surface area contributed by atoms with Gasteiger partial charge in [0.05, 0.1) is 22.4 Å². The lowest BCUT2D eigenvalue weighted by Crippen LogP contribution is -2.33. The Balaban J connectivity index is 2.09. The van der Waals surface area contributed by atoms with Crippen LogP contribution in [0.4, 0.5) is 0 Å². The molecule has 0 bridgehead atoms. The molecule has 0 unspecified atom stereocenters. The number of aryl methyl sites for hydroxylation is 2. The Bertz CT molecular complexity index is 697. The zero-order chi connectivity index (χ0) is 15.4. The average molecular weight is 286 g/mol. The Kier molecular flexibility index (Phi) is 4.47. The van der Waals surface area contributed by atoms with E-state index in [-0.39, 0.29) is 11.8 Å². The number of amides is 2. The summed E-state index contributed by atoms with van der Waals surface area (Å²) in [5.41, 5.74) is 3.74. The minimum Gasteiger partial charge on any atom is -0.355 e. The van der Waals surface area contributed by atoms with E-state index in [1.54, 1.807) is 18.2 Å². The summed E-state index contributed by atoms with van der Waals surface area (Å²) in [4.78, 5) is 31.6. The number of nitrogens with zero attached hydrogens (tertiary/aromatic N) is 2. The highest BCUT2D eigenvalue weighted by Gasteiger charge is 2.08. The molecule has 0 atom stereocenters. The first kappa shape index (κ1) is 14.9. The number of fused-ring (bicyclic) bond motifs is 1. The number of benzene rings is 1. The minimum atomic E-state index is -0.192. The van der Waals surface area contributed by atoms with E-state index in [1.807, 2.05) is 13.8 Å². The number of aromatic nitrogens is 2. The first-order chi connectivity index (χ1) is 9.97. The summed E-state index contributed by atoms with van der Waals surface area (Å²) in [6, 6.07) is 5.24. The molecule has 0 saturated carbocycles. The molecule has 2 N–H and O–H groups in total.